The van der Waals surface area contributed by atoms with Gasteiger partial charge in [0.25, 0.3) is 0 Å². The lowest BCUT2D eigenvalue weighted by atomic mass is 10.1. The quantitative estimate of drug-likeness (QED) is 0.876. The van der Waals surface area contributed by atoms with Crippen molar-refractivity contribution < 1.29 is 4.74 Å². The van der Waals surface area contributed by atoms with E-state index in [1.807, 2.05) is 30.3 Å². The van der Waals surface area contributed by atoms with Crippen LogP contribution in [0.3, 0.4) is 0 Å². The Morgan fingerprint density at radius 3 is 2.76 bits per heavy atom. The Balaban J connectivity index is 2.01. The van der Waals surface area contributed by atoms with Crippen molar-refractivity contribution >= 4 is 0 Å². The molecule has 0 radical (unpaired) electrons. The van der Waals surface area contributed by atoms with Gasteiger partial charge in [-0.3, -0.25) is 0 Å². The van der Waals surface area contributed by atoms with Gasteiger partial charge in [-0.1, -0.05) is 48.0 Å². The molecular weight excluding hydrogens is 260 g/mol. The molecule has 0 aliphatic heterocycles. The summed E-state index contributed by atoms with van der Waals surface area (Å²) >= 11 is 0. The molecule has 3 heteroatoms. The fraction of sp³-hybridized carbons (Fsp3) is 0.278. The monoisotopic (exact) mass is 280 g/mol. The second kappa shape index (κ2) is 7.47. The summed E-state index contributed by atoms with van der Waals surface area (Å²) in [5, 5.41) is 12.1. The zero-order valence-corrected chi connectivity index (χ0v) is 12.5. The number of aryl methyl sites for hydroxylation is 1. The van der Waals surface area contributed by atoms with Crippen molar-refractivity contribution in [3.05, 3.63) is 65.2 Å². The first-order chi connectivity index (χ1) is 10.2. The van der Waals surface area contributed by atoms with E-state index in [-0.39, 0.29) is 12.6 Å². The van der Waals surface area contributed by atoms with Crippen LogP contribution in [-0.2, 0) is 6.54 Å². The number of hydrogen-bond donors (Lipinski definition) is 1. The zero-order chi connectivity index (χ0) is 15.1. The highest BCUT2D eigenvalue weighted by atomic mass is 16.5. The van der Waals surface area contributed by atoms with Crippen LogP contribution in [0.2, 0.25) is 0 Å². The molecule has 0 bridgehead atoms. The second-order valence-electron chi connectivity index (χ2n) is 5.07. The molecule has 0 unspecified atom stereocenters. The van der Waals surface area contributed by atoms with Crippen LogP contribution in [0, 0.1) is 18.3 Å². The Morgan fingerprint density at radius 1 is 1.19 bits per heavy atom. The molecule has 0 saturated heterocycles. The third kappa shape index (κ3) is 4.34. The molecule has 0 aromatic heterocycles. The van der Waals surface area contributed by atoms with Crippen LogP contribution in [0.15, 0.2) is 48.5 Å². The van der Waals surface area contributed by atoms with Crippen molar-refractivity contribution in [1.82, 2.24) is 5.32 Å². The average Bonchev–Trinajstić information content (AvgIpc) is 2.51. The van der Waals surface area contributed by atoms with Gasteiger partial charge >= 0.3 is 0 Å². The van der Waals surface area contributed by atoms with Crippen molar-refractivity contribution in [2.45, 2.75) is 26.4 Å². The lowest BCUT2D eigenvalue weighted by Crippen LogP contribution is -2.18. The van der Waals surface area contributed by atoms with Gasteiger partial charge in [-0.05, 0) is 25.5 Å². The molecule has 1 N–H and O–H groups in total. The summed E-state index contributed by atoms with van der Waals surface area (Å²) in [6.45, 7) is 5.02. The van der Waals surface area contributed by atoms with Crippen molar-refractivity contribution in [2.75, 3.05) is 6.61 Å². The minimum Gasteiger partial charge on any atom is -0.478 e. The van der Waals surface area contributed by atoms with E-state index >= 15 is 0 Å². The van der Waals surface area contributed by atoms with Gasteiger partial charge in [0.05, 0.1) is 0 Å². The van der Waals surface area contributed by atoms with Crippen molar-refractivity contribution in [3.63, 3.8) is 0 Å². The second-order valence-corrected chi connectivity index (χ2v) is 5.07. The number of hydrogen-bond acceptors (Lipinski definition) is 3. The number of nitriles is 1. The minimum atomic E-state index is 0.0739. The average molecular weight is 280 g/mol. The van der Waals surface area contributed by atoms with Gasteiger partial charge in [0.15, 0.2) is 6.61 Å². The van der Waals surface area contributed by atoms with Crippen LogP contribution in [0.4, 0.5) is 0 Å². The summed E-state index contributed by atoms with van der Waals surface area (Å²) in [5.74, 6) is 0.767. The molecule has 2 aromatic carbocycles. The van der Waals surface area contributed by atoms with Crippen molar-refractivity contribution in [3.8, 4) is 11.8 Å². The lowest BCUT2D eigenvalue weighted by molar-refractivity contribution is 0.361. The summed E-state index contributed by atoms with van der Waals surface area (Å²) in [7, 11) is 0. The fourth-order valence-electron chi connectivity index (χ4n) is 2.22. The van der Waals surface area contributed by atoms with Gasteiger partial charge in [-0.15, -0.1) is 0 Å². The smallest absolute Gasteiger partial charge is 0.174 e. The number of nitrogens with one attached hydrogen (secondary N) is 1. The summed E-state index contributed by atoms with van der Waals surface area (Å²) < 4.78 is 5.44. The molecular formula is C18H20N2O. The molecule has 0 aliphatic rings. The number of para-hydroxylation sites is 1. The summed E-state index contributed by atoms with van der Waals surface area (Å²) in [4.78, 5) is 0. The maximum Gasteiger partial charge on any atom is 0.174 e. The van der Waals surface area contributed by atoms with Crippen LogP contribution < -0.4 is 10.1 Å². The zero-order valence-electron chi connectivity index (χ0n) is 12.5. The molecule has 0 fully saturated rings. The molecule has 0 amide bonds. The molecule has 108 valence electrons. The third-order valence-electron chi connectivity index (χ3n) is 3.41. The standard InChI is InChI=1S/C18H20N2O/c1-14-6-5-8-16(12-14)15(2)20-13-17-7-3-4-9-18(17)21-11-10-19/h3-9,12,15,20H,11,13H2,1-2H3/t15-/m0/s1. The first-order valence-electron chi connectivity index (χ1n) is 7.08. The summed E-state index contributed by atoms with van der Waals surface area (Å²) in [6.07, 6.45) is 0. The van der Waals surface area contributed by atoms with E-state index in [1.165, 1.54) is 11.1 Å². The first-order valence-corrected chi connectivity index (χ1v) is 7.08. The Bertz CT molecular complexity index is 631. The SMILES string of the molecule is Cc1cccc([C@H](C)NCc2ccccc2OCC#N)c1. The van der Waals surface area contributed by atoms with Crippen LogP contribution >= 0.6 is 0 Å². The van der Waals surface area contributed by atoms with Gasteiger partial charge in [0, 0.05) is 18.2 Å². The van der Waals surface area contributed by atoms with Gasteiger partial charge in [-0.25, -0.2) is 0 Å². The van der Waals surface area contributed by atoms with Crippen LogP contribution in [-0.4, -0.2) is 6.61 Å². The number of ether oxygens (including phenoxy) is 1. The maximum absolute atomic E-state index is 8.62. The van der Waals surface area contributed by atoms with Crippen molar-refractivity contribution in [1.29, 1.82) is 5.26 Å². The molecule has 0 saturated carbocycles. The molecule has 21 heavy (non-hydrogen) atoms. The van der Waals surface area contributed by atoms with Gasteiger partial charge in [0.2, 0.25) is 0 Å². The molecule has 3 nitrogen and oxygen atoms in total. The van der Waals surface area contributed by atoms with E-state index in [4.69, 9.17) is 10.00 Å². The number of benzene rings is 2. The van der Waals surface area contributed by atoms with E-state index in [2.05, 4.69) is 43.4 Å². The largest absolute Gasteiger partial charge is 0.478 e. The van der Waals surface area contributed by atoms with E-state index in [9.17, 15) is 0 Å². The highest BCUT2D eigenvalue weighted by Crippen LogP contribution is 2.20. The summed E-state index contributed by atoms with van der Waals surface area (Å²) in [5.41, 5.74) is 3.59. The maximum atomic E-state index is 8.62. The van der Waals surface area contributed by atoms with E-state index < -0.39 is 0 Å². The third-order valence-corrected chi connectivity index (χ3v) is 3.41. The van der Waals surface area contributed by atoms with E-state index in [1.54, 1.807) is 0 Å². The Hall–Kier alpha value is -2.31. The van der Waals surface area contributed by atoms with Crippen LogP contribution in [0.25, 0.3) is 0 Å². The number of nitrogens with zero attached hydrogens (tertiary/aromatic N) is 1. The molecule has 1 atom stereocenters. The van der Waals surface area contributed by atoms with Crippen LogP contribution in [0.5, 0.6) is 5.75 Å². The van der Waals surface area contributed by atoms with Gasteiger partial charge < -0.3 is 10.1 Å². The van der Waals surface area contributed by atoms with E-state index in [0.29, 0.717) is 6.54 Å². The van der Waals surface area contributed by atoms with Gasteiger partial charge in [-0.2, -0.15) is 5.26 Å². The lowest BCUT2D eigenvalue weighted by Gasteiger charge is -2.16. The van der Waals surface area contributed by atoms with Gasteiger partial charge in [0.1, 0.15) is 11.8 Å². The minimum absolute atomic E-state index is 0.0739. The molecule has 2 aromatic rings. The topological polar surface area (TPSA) is 45.0 Å². The van der Waals surface area contributed by atoms with Crippen LogP contribution in [0.1, 0.15) is 29.7 Å². The fourth-order valence-corrected chi connectivity index (χ4v) is 2.22. The molecule has 2 rings (SSSR count). The Kier molecular flexibility index (Phi) is 5.36. The van der Waals surface area contributed by atoms with Crippen molar-refractivity contribution in [2.24, 2.45) is 0 Å². The highest BCUT2D eigenvalue weighted by molar-refractivity contribution is 5.33. The Morgan fingerprint density at radius 2 is 2.00 bits per heavy atom. The number of rotatable bonds is 6. The highest BCUT2D eigenvalue weighted by Gasteiger charge is 2.07. The molecule has 0 spiro atoms. The predicted octanol–water partition coefficient (Wildman–Crippen LogP) is 3.75. The Labute approximate surface area is 126 Å². The van der Waals surface area contributed by atoms with E-state index in [0.717, 1.165) is 11.3 Å². The molecule has 0 aliphatic carbocycles. The predicted molar refractivity (Wildman–Crippen MR) is 84.0 cm³/mol. The first kappa shape index (κ1) is 15.1. The summed E-state index contributed by atoms with van der Waals surface area (Å²) in [6, 6.07) is 18.6. The normalized spacial score (nSPS) is 11.7. The molecule has 0 heterocycles.